The molecule has 126 valence electrons. The second kappa shape index (κ2) is 7.33. The maximum absolute atomic E-state index is 12.4. The average Bonchev–Trinajstić information content (AvgIpc) is 2.52. The number of nitrogens with zero attached hydrogens (tertiary/aromatic N) is 1. The van der Waals surface area contributed by atoms with E-state index < -0.39 is 25.9 Å². The summed E-state index contributed by atoms with van der Waals surface area (Å²) in [5.74, 6) is -0.328. The van der Waals surface area contributed by atoms with Crippen molar-refractivity contribution >= 4 is 18.5 Å². The van der Waals surface area contributed by atoms with E-state index >= 15 is 0 Å². The third-order valence-corrected chi connectivity index (χ3v) is 3.73. The molecule has 0 aliphatic carbocycles. The van der Waals surface area contributed by atoms with Crippen LogP contribution in [0.4, 0.5) is 13.2 Å². The standard InChI is InChI=1S/C14H18BF3N2O3/c16-14(17,18)9-19-12-5-2-6-20(8-12)13(21)10-3-1-4-11(7-10)15(22)23/h1,3-4,7,12,19,22-23H,2,5-6,8-9H2. The number of likely N-dealkylation sites (tertiary alicyclic amines) is 1. The van der Waals surface area contributed by atoms with Crippen molar-refractivity contribution in [2.24, 2.45) is 0 Å². The van der Waals surface area contributed by atoms with Gasteiger partial charge >= 0.3 is 13.3 Å². The molecule has 1 amide bonds. The molecule has 9 heteroatoms. The Morgan fingerprint density at radius 3 is 2.78 bits per heavy atom. The first-order valence-electron chi connectivity index (χ1n) is 7.32. The van der Waals surface area contributed by atoms with Crippen LogP contribution in [0.15, 0.2) is 24.3 Å². The molecule has 1 atom stereocenters. The van der Waals surface area contributed by atoms with Crippen molar-refractivity contribution in [3.05, 3.63) is 29.8 Å². The lowest BCUT2D eigenvalue weighted by Crippen LogP contribution is -2.50. The first-order chi connectivity index (χ1) is 10.8. The Morgan fingerprint density at radius 1 is 1.39 bits per heavy atom. The van der Waals surface area contributed by atoms with Crippen LogP contribution in [-0.2, 0) is 0 Å². The zero-order valence-electron chi connectivity index (χ0n) is 12.4. The topological polar surface area (TPSA) is 72.8 Å². The van der Waals surface area contributed by atoms with Crippen molar-refractivity contribution in [1.82, 2.24) is 10.2 Å². The highest BCUT2D eigenvalue weighted by Crippen LogP contribution is 2.17. The van der Waals surface area contributed by atoms with E-state index in [2.05, 4.69) is 5.32 Å². The predicted molar refractivity (Wildman–Crippen MR) is 79.3 cm³/mol. The van der Waals surface area contributed by atoms with Crippen molar-refractivity contribution < 1.29 is 28.0 Å². The van der Waals surface area contributed by atoms with Crippen molar-refractivity contribution in [2.75, 3.05) is 19.6 Å². The minimum absolute atomic E-state index is 0.194. The summed E-state index contributed by atoms with van der Waals surface area (Å²) in [5.41, 5.74) is 0.478. The molecule has 1 aliphatic rings. The summed E-state index contributed by atoms with van der Waals surface area (Å²) < 4.78 is 36.8. The number of nitrogens with one attached hydrogen (secondary N) is 1. The third-order valence-electron chi connectivity index (χ3n) is 3.73. The summed E-state index contributed by atoms with van der Waals surface area (Å²) in [7, 11) is -1.68. The van der Waals surface area contributed by atoms with E-state index in [0.717, 1.165) is 0 Å². The summed E-state index contributed by atoms with van der Waals surface area (Å²) in [6.45, 7) is -0.415. The fourth-order valence-corrected chi connectivity index (χ4v) is 2.60. The number of rotatable bonds is 4. The van der Waals surface area contributed by atoms with Gasteiger partial charge in [-0.2, -0.15) is 13.2 Å². The molecule has 0 bridgehead atoms. The van der Waals surface area contributed by atoms with Crippen molar-refractivity contribution in [3.63, 3.8) is 0 Å². The highest BCUT2D eigenvalue weighted by Gasteiger charge is 2.30. The van der Waals surface area contributed by atoms with Crippen LogP contribution in [0.5, 0.6) is 0 Å². The van der Waals surface area contributed by atoms with Gasteiger partial charge in [0.15, 0.2) is 0 Å². The van der Waals surface area contributed by atoms with E-state index in [0.29, 0.717) is 19.4 Å². The number of alkyl halides is 3. The van der Waals surface area contributed by atoms with Crippen LogP contribution in [0.1, 0.15) is 23.2 Å². The van der Waals surface area contributed by atoms with Crippen molar-refractivity contribution in [1.29, 1.82) is 0 Å². The number of hydrogen-bond donors (Lipinski definition) is 3. The van der Waals surface area contributed by atoms with Gasteiger partial charge in [-0.05, 0) is 30.4 Å². The molecule has 1 fully saturated rings. The second-order valence-corrected chi connectivity index (χ2v) is 5.59. The Bertz CT molecular complexity index is 554. The van der Waals surface area contributed by atoms with Crippen LogP contribution >= 0.6 is 0 Å². The molecule has 5 nitrogen and oxygen atoms in total. The zero-order valence-corrected chi connectivity index (χ0v) is 12.4. The van der Waals surface area contributed by atoms with Gasteiger partial charge in [-0.25, -0.2) is 0 Å². The van der Waals surface area contributed by atoms with Crippen molar-refractivity contribution in [3.8, 4) is 0 Å². The van der Waals surface area contributed by atoms with Gasteiger partial charge in [0.2, 0.25) is 0 Å². The van der Waals surface area contributed by atoms with Gasteiger partial charge in [-0.3, -0.25) is 4.79 Å². The van der Waals surface area contributed by atoms with E-state index in [4.69, 9.17) is 10.0 Å². The molecule has 0 spiro atoms. The van der Waals surface area contributed by atoms with Gasteiger partial charge in [0, 0.05) is 24.7 Å². The summed E-state index contributed by atoms with van der Waals surface area (Å²) in [4.78, 5) is 13.9. The van der Waals surface area contributed by atoms with E-state index in [1.807, 2.05) is 0 Å². The largest absolute Gasteiger partial charge is 0.488 e. The second-order valence-electron chi connectivity index (χ2n) is 5.59. The first-order valence-corrected chi connectivity index (χ1v) is 7.32. The summed E-state index contributed by atoms with van der Waals surface area (Å²) >= 11 is 0. The SMILES string of the molecule is O=C(c1cccc(B(O)O)c1)N1CCCC(NCC(F)(F)F)C1. The summed E-state index contributed by atoms with van der Waals surface area (Å²) in [6.07, 6.45) is -3.09. The van der Waals surface area contributed by atoms with E-state index in [1.54, 1.807) is 6.07 Å². The van der Waals surface area contributed by atoms with Crippen LogP contribution in [0.2, 0.25) is 0 Å². The number of amides is 1. The number of carbonyl (C=O) groups excluding carboxylic acids is 1. The molecule has 0 saturated carbocycles. The number of benzene rings is 1. The van der Waals surface area contributed by atoms with Crippen molar-refractivity contribution in [2.45, 2.75) is 25.1 Å². The van der Waals surface area contributed by atoms with Gasteiger partial charge in [0.25, 0.3) is 5.91 Å². The average molecular weight is 330 g/mol. The van der Waals surface area contributed by atoms with Gasteiger partial charge in [0.1, 0.15) is 0 Å². The molecule has 2 rings (SSSR count). The molecule has 1 saturated heterocycles. The minimum Gasteiger partial charge on any atom is -0.423 e. The maximum atomic E-state index is 12.4. The Labute approximate surface area is 132 Å². The molecule has 23 heavy (non-hydrogen) atoms. The monoisotopic (exact) mass is 330 g/mol. The molecule has 1 heterocycles. The van der Waals surface area contributed by atoms with Crippen LogP contribution in [0.25, 0.3) is 0 Å². The highest BCUT2D eigenvalue weighted by atomic mass is 19.4. The molecule has 0 radical (unpaired) electrons. The minimum atomic E-state index is -4.28. The number of carbonyl (C=O) groups is 1. The fraction of sp³-hybridized carbons (Fsp3) is 0.500. The lowest BCUT2D eigenvalue weighted by atomic mass is 9.79. The van der Waals surface area contributed by atoms with Gasteiger partial charge < -0.3 is 20.3 Å². The smallest absolute Gasteiger partial charge is 0.423 e. The normalized spacial score (nSPS) is 18.8. The Kier molecular flexibility index (Phi) is 5.66. The number of halogens is 3. The molecular formula is C14H18BF3N2O3. The number of hydrogen-bond acceptors (Lipinski definition) is 4. The Morgan fingerprint density at radius 2 is 2.13 bits per heavy atom. The zero-order chi connectivity index (χ0) is 17.0. The fourth-order valence-electron chi connectivity index (χ4n) is 2.60. The molecule has 1 aromatic carbocycles. The molecule has 3 N–H and O–H groups in total. The quantitative estimate of drug-likeness (QED) is 0.686. The highest BCUT2D eigenvalue weighted by molar-refractivity contribution is 6.58. The van der Waals surface area contributed by atoms with Crippen LogP contribution in [0.3, 0.4) is 0 Å². The molecule has 1 aromatic rings. The predicted octanol–water partition coefficient (Wildman–Crippen LogP) is 0.123. The lowest BCUT2D eigenvalue weighted by Gasteiger charge is -2.33. The van der Waals surface area contributed by atoms with Crippen LogP contribution < -0.4 is 10.8 Å². The molecular weight excluding hydrogens is 312 g/mol. The Hall–Kier alpha value is -1.58. The Balaban J connectivity index is 2.00. The van der Waals surface area contributed by atoms with Crippen LogP contribution in [-0.4, -0.2) is 59.8 Å². The summed E-state index contributed by atoms with van der Waals surface area (Å²) in [5, 5.41) is 20.7. The van der Waals surface area contributed by atoms with Gasteiger partial charge in [-0.15, -0.1) is 0 Å². The third kappa shape index (κ3) is 5.23. The van der Waals surface area contributed by atoms with Gasteiger partial charge in [-0.1, -0.05) is 12.1 Å². The van der Waals surface area contributed by atoms with Gasteiger partial charge in [0.05, 0.1) is 6.54 Å². The maximum Gasteiger partial charge on any atom is 0.488 e. The molecule has 0 aromatic heterocycles. The van der Waals surface area contributed by atoms with E-state index in [9.17, 15) is 18.0 Å². The summed E-state index contributed by atoms with van der Waals surface area (Å²) in [6, 6.07) is 5.53. The van der Waals surface area contributed by atoms with E-state index in [-0.39, 0.29) is 23.5 Å². The first kappa shape index (κ1) is 17.8. The van der Waals surface area contributed by atoms with Crippen LogP contribution in [0, 0.1) is 0 Å². The molecule has 1 aliphatic heterocycles. The van der Waals surface area contributed by atoms with E-state index in [1.165, 1.54) is 23.1 Å². The number of piperidine rings is 1. The molecule has 1 unspecified atom stereocenters. The lowest BCUT2D eigenvalue weighted by molar-refractivity contribution is -0.126.